The fraction of sp³-hybridized carbons (Fsp3) is 0.263. The largest absolute Gasteiger partial charge is 0.352 e. The van der Waals surface area contributed by atoms with E-state index in [9.17, 15) is 9.59 Å². The van der Waals surface area contributed by atoms with Gasteiger partial charge in [-0.05, 0) is 23.9 Å². The molecule has 1 N–H and O–H groups in total. The molecule has 1 amide bonds. The van der Waals surface area contributed by atoms with E-state index in [1.165, 1.54) is 11.3 Å². The fourth-order valence-electron chi connectivity index (χ4n) is 3.14. The highest BCUT2D eigenvalue weighted by molar-refractivity contribution is 7.17. The second kappa shape index (κ2) is 7.32. The molecule has 0 unspecified atom stereocenters. The van der Waals surface area contributed by atoms with Crippen LogP contribution in [0.2, 0.25) is 0 Å². The summed E-state index contributed by atoms with van der Waals surface area (Å²) >= 11 is 1.41. The van der Waals surface area contributed by atoms with Gasteiger partial charge in [-0.3, -0.25) is 18.6 Å². The Morgan fingerprint density at radius 3 is 2.78 bits per heavy atom. The topological polar surface area (TPSA) is 81.3 Å². The van der Waals surface area contributed by atoms with Gasteiger partial charge >= 0.3 is 0 Å². The van der Waals surface area contributed by atoms with E-state index < -0.39 is 0 Å². The Balaban J connectivity index is 1.55. The van der Waals surface area contributed by atoms with Gasteiger partial charge < -0.3 is 5.32 Å². The first-order valence-electron chi connectivity index (χ1n) is 8.83. The van der Waals surface area contributed by atoms with Crippen molar-refractivity contribution < 1.29 is 4.79 Å². The molecule has 7 nitrogen and oxygen atoms in total. The molecule has 3 heterocycles. The highest BCUT2D eigenvalue weighted by atomic mass is 32.1. The Labute approximate surface area is 159 Å². The Kier molecular flexibility index (Phi) is 4.72. The van der Waals surface area contributed by atoms with Crippen molar-refractivity contribution in [3.05, 3.63) is 63.5 Å². The van der Waals surface area contributed by atoms with Crippen LogP contribution in [0, 0.1) is 0 Å². The monoisotopic (exact) mass is 381 g/mol. The van der Waals surface area contributed by atoms with Crippen molar-refractivity contribution in [2.45, 2.75) is 32.9 Å². The van der Waals surface area contributed by atoms with Crippen molar-refractivity contribution in [2.75, 3.05) is 0 Å². The number of rotatable bonds is 6. The number of thiophene rings is 1. The lowest BCUT2D eigenvalue weighted by Gasteiger charge is -2.07. The number of nitrogens with one attached hydrogen (secondary N) is 1. The molecule has 138 valence electrons. The zero-order chi connectivity index (χ0) is 18.8. The van der Waals surface area contributed by atoms with Crippen LogP contribution in [0.5, 0.6) is 0 Å². The van der Waals surface area contributed by atoms with Crippen molar-refractivity contribution in [2.24, 2.45) is 0 Å². The van der Waals surface area contributed by atoms with Crippen molar-refractivity contribution in [3.63, 3.8) is 0 Å². The van der Waals surface area contributed by atoms with Crippen molar-refractivity contribution in [3.8, 4) is 0 Å². The van der Waals surface area contributed by atoms with Gasteiger partial charge in [0, 0.05) is 25.9 Å². The SMILES string of the molecule is CCn1c(=O)c2sccc2n2c(CCC(=O)NCc3ccccc3)nnc12. The lowest BCUT2D eigenvalue weighted by molar-refractivity contribution is -0.121. The molecule has 0 fully saturated rings. The molecule has 4 aromatic rings. The van der Waals surface area contributed by atoms with Gasteiger partial charge in [0.2, 0.25) is 11.7 Å². The van der Waals surface area contributed by atoms with Crippen LogP contribution in [-0.4, -0.2) is 25.1 Å². The number of hydrogen-bond acceptors (Lipinski definition) is 5. The smallest absolute Gasteiger partial charge is 0.272 e. The Morgan fingerprint density at radius 2 is 2.00 bits per heavy atom. The predicted molar refractivity (Wildman–Crippen MR) is 105 cm³/mol. The summed E-state index contributed by atoms with van der Waals surface area (Å²) in [6, 6.07) is 11.7. The zero-order valence-corrected chi connectivity index (χ0v) is 15.7. The number of carbonyl (C=O) groups is 1. The minimum absolute atomic E-state index is 0.0408. The van der Waals surface area contributed by atoms with Gasteiger partial charge in [0.1, 0.15) is 10.5 Å². The summed E-state index contributed by atoms with van der Waals surface area (Å²) < 4.78 is 4.19. The number of carbonyl (C=O) groups excluding carboxylic acids is 1. The summed E-state index contributed by atoms with van der Waals surface area (Å²) in [7, 11) is 0. The highest BCUT2D eigenvalue weighted by Crippen LogP contribution is 2.20. The molecule has 0 radical (unpaired) electrons. The first-order chi connectivity index (χ1) is 13.2. The summed E-state index contributed by atoms with van der Waals surface area (Å²) in [5.74, 6) is 1.17. The average Bonchev–Trinajstić information content (AvgIpc) is 3.33. The third-order valence-corrected chi connectivity index (χ3v) is 5.40. The Hall–Kier alpha value is -3.00. The Bertz CT molecular complexity index is 1160. The number of fused-ring (bicyclic) bond motifs is 3. The maximum absolute atomic E-state index is 12.6. The molecular formula is C19H19N5O2S. The summed E-state index contributed by atoms with van der Waals surface area (Å²) in [6.45, 7) is 2.93. The molecule has 0 atom stereocenters. The molecule has 3 aromatic heterocycles. The summed E-state index contributed by atoms with van der Waals surface area (Å²) in [6.07, 6.45) is 0.763. The second-order valence-electron chi connectivity index (χ2n) is 6.20. The molecule has 0 aliphatic heterocycles. The van der Waals surface area contributed by atoms with Gasteiger partial charge in [0.05, 0.1) is 5.52 Å². The molecule has 0 bridgehead atoms. The molecule has 0 saturated carbocycles. The van der Waals surface area contributed by atoms with Gasteiger partial charge in [-0.25, -0.2) is 0 Å². The first kappa shape index (κ1) is 17.4. The number of aromatic nitrogens is 4. The number of aryl methyl sites for hydroxylation is 2. The standard InChI is InChI=1S/C19H19N5O2S/c1-2-23-18(26)17-14(10-11-27-17)24-15(21-22-19(23)24)8-9-16(25)20-12-13-6-4-3-5-7-13/h3-7,10-11H,2,8-9,12H2,1H3,(H,20,25). The summed E-state index contributed by atoms with van der Waals surface area (Å²) in [4.78, 5) is 24.8. The average molecular weight is 381 g/mol. The molecule has 0 spiro atoms. The van der Waals surface area contributed by atoms with Crippen LogP contribution in [-0.2, 0) is 24.3 Å². The van der Waals surface area contributed by atoms with E-state index in [0.717, 1.165) is 11.1 Å². The van der Waals surface area contributed by atoms with Gasteiger partial charge in [-0.15, -0.1) is 21.5 Å². The van der Waals surface area contributed by atoms with Crippen LogP contribution < -0.4 is 10.9 Å². The van der Waals surface area contributed by atoms with Crippen LogP contribution >= 0.6 is 11.3 Å². The van der Waals surface area contributed by atoms with E-state index in [-0.39, 0.29) is 11.5 Å². The lowest BCUT2D eigenvalue weighted by atomic mass is 10.2. The minimum Gasteiger partial charge on any atom is -0.352 e. The Morgan fingerprint density at radius 1 is 1.19 bits per heavy atom. The molecule has 8 heteroatoms. The third-order valence-electron chi connectivity index (χ3n) is 4.50. The zero-order valence-electron chi connectivity index (χ0n) is 14.9. The van der Waals surface area contributed by atoms with Crippen LogP contribution in [0.1, 0.15) is 24.7 Å². The number of hydrogen-bond donors (Lipinski definition) is 1. The van der Waals surface area contributed by atoms with Crippen molar-refractivity contribution >= 4 is 33.2 Å². The normalized spacial score (nSPS) is 11.3. The predicted octanol–water partition coefficient (Wildman–Crippen LogP) is 2.37. The van der Waals surface area contributed by atoms with Crippen LogP contribution in [0.4, 0.5) is 0 Å². The van der Waals surface area contributed by atoms with E-state index in [0.29, 0.717) is 42.2 Å². The maximum atomic E-state index is 12.6. The van der Waals surface area contributed by atoms with Gasteiger partial charge in [-0.2, -0.15) is 0 Å². The van der Waals surface area contributed by atoms with E-state index in [1.54, 1.807) is 4.57 Å². The maximum Gasteiger partial charge on any atom is 0.272 e. The molecular weight excluding hydrogens is 362 g/mol. The molecule has 0 saturated heterocycles. The molecule has 4 rings (SSSR count). The quantitative estimate of drug-likeness (QED) is 0.556. The lowest BCUT2D eigenvalue weighted by Crippen LogP contribution is -2.24. The molecule has 1 aromatic carbocycles. The van der Waals surface area contributed by atoms with Gasteiger partial charge in [0.15, 0.2) is 0 Å². The van der Waals surface area contributed by atoms with E-state index >= 15 is 0 Å². The van der Waals surface area contributed by atoms with Gasteiger partial charge in [-0.1, -0.05) is 30.3 Å². The van der Waals surface area contributed by atoms with E-state index in [4.69, 9.17) is 0 Å². The molecule has 0 aliphatic carbocycles. The molecule has 0 aliphatic rings. The second-order valence-corrected chi connectivity index (χ2v) is 7.11. The van der Waals surface area contributed by atoms with Crippen molar-refractivity contribution in [1.82, 2.24) is 24.5 Å². The number of benzene rings is 1. The van der Waals surface area contributed by atoms with Crippen LogP contribution in [0.25, 0.3) is 16.0 Å². The van der Waals surface area contributed by atoms with Crippen LogP contribution in [0.3, 0.4) is 0 Å². The highest BCUT2D eigenvalue weighted by Gasteiger charge is 2.17. The van der Waals surface area contributed by atoms with Crippen LogP contribution in [0.15, 0.2) is 46.6 Å². The van der Waals surface area contributed by atoms with E-state index in [2.05, 4.69) is 15.5 Å². The fourth-order valence-corrected chi connectivity index (χ4v) is 3.96. The number of nitrogens with zero attached hydrogens (tertiary/aromatic N) is 4. The number of amides is 1. The molecule has 27 heavy (non-hydrogen) atoms. The first-order valence-corrected chi connectivity index (χ1v) is 9.71. The van der Waals surface area contributed by atoms with Crippen molar-refractivity contribution in [1.29, 1.82) is 0 Å². The van der Waals surface area contributed by atoms with Gasteiger partial charge in [0.25, 0.3) is 5.56 Å². The summed E-state index contributed by atoms with van der Waals surface area (Å²) in [5.41, 5.74) is 1.81. The summed E-state index contributed by atoms with van der Waals surface area (Å²) in [5, 5.41) is 13.3. The van der Waals surface area contributed by atoms with E-state index in [1.807, 2.05) is 53.1 Å². The third kappa shape index (κ3) is 3.23. The minimum atomic E-state index is -0.0467.